The van der Waals surface area contributed by atoms with Gasteiger partial charge in [0.2, 0.25) is 0 Å². The zero-order valence-corrected chi connectivity index (χ0v) is 16.9. The van der Waals surface area contributed by atoms with E-state index in [1.54, 1.807) is 24.3 Å². The van der Waals surface area contributed by atoms with Crippen LogP contribution in [0.1, 0.15) is 42.6 Å². The number of fused-ring (bicyclic) bond motifs is 1. The summed E-state index contributed by atoms with van der Waals surface area (Å²) in [6.45, 7) is 1.65. The van der Waals surface area contributed by atoms with Crippen molar-refractivity contribution in [3.63, 3.8) is 0 Å². The van der Waals surface area contributed by atoms with Crippen LogP contribution in [-0.4, -0.2) is 43.3 Å². The Labute approximate surface area is 173 Å². The van der Waals surface area contributed by atoms with Gasteiger partial charge in [0.25, 0.3) is 0 Å². The quantitative estimate of drug-likeness (QED) is 0.768. The standard InChI is InChI=1S/C21H25F3N4O2/c1-29-17-6-5-14(10-18(17)30-2)15-11-19(21(22,23)24)28-20(26-15)12-16(27-28)13-4-3-8-25-9-7-13/h4-6,10,12,15,19,25-26H,3,7-9,11H2,1-2H3. The molecule has 162 valence electrons. The van der Waals surface area contributed by atoms with E-state index in [2.05, 4.69) is 21.8 Å². The maximum atomic E-state index is 13.9. The number of ether oxygens (including phenoxy) is 2. The smallest absolute Gasteiger partial charge is 0.410 e. The number of benzene rings is 1. The lowest BCUT2D eigenvalue weighted by molar-refractivity contribution is -0.173. The number of methoxy groups -OCH3 is 2. The molecule has 6 nitrogen and oxygen atoms in total. The lowest BCUT2D eigenvalue weighted by Gasteiger charge is -2.33. The van der Waals surface area contributed by atoms with Gasteiger partial charge in [0, 0.05) is 12.5 Å². The molecule has 2 aliphatic heterocycles. The summed E-state index contributed by atoms with van der Waals surface area (Å²) >= 11 is 0. The highest BCUT2D eigenvalue weighted by Gasteiger charge is 2.46. The molecule has 0 bridgehead atoms. The summed E-state index contributed by atoms with van der Waals surface area (Å²) in [6.07, 6.45) is -0.932. The SMILES string of the molecule is COc1ccc(C2CC(C(F)(F)F)n3nc(C4=CCCNCC4)cc3N2)cc1OC. The van der Waals surface area contributed by atoms with Crippen LogP contribution in [0.2, 0.25) is 0 Å². The van der Waals surface area contributed by atoms with Gasteiger partial charge in [-0.15, -0.1) is 0 Å². The Morgan fingerprint density at radius 1 is 1.10 bits per heavy atom. The Morgan fingerprint density at radius 3 is 2.63 bits per heavy atom. The number of anilines is 1. The molecule has 0 radical (unpaired) electrons. The van der Waals surface area contributed by atoms with Gasteiger partial charge < -0.3 is 20.1 Å². The summed E-state index contributed by atoms with van der Waals surface area (Å²) in [5.74, 6) is 1.39. The number of aromatic nitrogens is 2. The van der Waals surface area contributed by atoms with Crippen LogP contribution < -0.4 is 20.1 Å². The summed E-state index contributed by atoms with van der Waals surface area (Å²) in [5, 5.41) is 10.9. The Bertz CT molecular complexity index is 939. The topological polar surface area (TPSA) is 60.3 Å². The molecule has 2 unspecified atom stereocenters. The summed E-state index contributed by atoms with van der Waals surface area (Å²) in [5.41, 5.74) is 2.28. The van der Waals surface area contributed by atoms with E-state index in [9.17, 15) is 13.2 Å². The van der Waals surface area contributed by atoms with Gasteiger partial charge in [0.1, 0.15) is 5.82 Å². The minimum Gasteiger partial charge on any atom is -0.493 e. The van der Waals surface area contributed by atoms with Crippen LogP contribution in [-0.2, 0) is 0 Å². The molecular weight excluding hydrogens is 397 g/mol. The highest BCUT2D eigenvalue weighted by atomic mass is 19.4. The third kappa shape index (κ3) is 3.98. The highest BCUT2D eigenvalue weighted by molar-refractivity contribution is 5.66. The predicted octanol–water partition coefficient (Wildman–Crippen LogP) is 4.33. The molecule has 3 heterocycles. The minimum absolute atomic E-state index is 0.159. The van der Waals surface area contributed by atoms with Crippen LogP contribution in [0, 0.1) is 0 Å². The lowest BCUT2D eigenvalue weighted by Crippen LogP contribution is -2.35. The van der Waals surface area contributed by atoms with Gasteiger partial charge >= 0.3 is 6.18 Å². The second-order valence-corrected chi connectivity index (χ2v) is 7.48. The van der Waals surface area contributed by atoms with Gasteiger partial charge in [-0.3, -0.25) is 0 Å². The Balaban J connectivity index is 1.70. The van der Waals surface area contributed by atoms with Gasteiger partial charge in [-0.25, -0.2) is 4.68 Å². The number of nitrogens with zero attached hydrogens (tertiary/aromatic N) is 2. The molecule has 0 saturated heterocycles. The van der Waals surface area contributed by atoms with Gasteiger partial charge in [-0.1, -0.05) is 12.1 Å². The average Bonchev–Trinajstić information content (AvgIpc) is 2.97. The summed E-state index contributed by atoms with van der Waals surface area (Å²) < 4.78 is 53.4. The van der Waals surface area contributed by atoms with Gasteiger partial charge in [0.05, 0.1) is 26.0 Å². The van der Waals surface area contributed by atoms with Gasteiger partial charge in [0.15, 0.2) is 17.5 Å². The first-order valence-electron chi connectivity index (χ1n) is 9.95. The molecule has 2 N–H and O–H groups in total. The minimum atomic E-state index is -4.41. The number of alkyl halides is 3. The number of rotatable bonds is 4. The molecule has 2 aliphatic rings. The monoisotopic (exact) mass is 422 g/mol. The Kier molecular flexibility index (Phi) is 5.64. The van der Waals surface area contributed by atoms with Crippen molar-refractivity contribution in [3.8, 4) is 11.5 Å². The molecule has 0 amide bonds. The van der Waals surface area contributed by atoms with Crippen LogP contribution in [0.25, 0.3) is 5.57 Å². The van der Waals surface area contributed by atoms with Gasteiger partial charge in [-0.05, 0) is 49.2 Å². The molecule has 0 aliphatic carbocycles. The number of nitrogens with one attached hydrogen (secondary N) is 2. The van der Waals surface area contributed by atoms with Crippen molar-refractivity contribution in [1.82, 2.24) is 15.1 Å². The molecule has 4 rings (SSSR count). The molecule has 9 heteroatoms. The van der Waals surface area contributed by atoms with E-state index in [4.69, 9.17) is 9.47 Å². The first-order valence-corrected chi connectivity index (χ1v) is 9.95. The number of hydrogen-bond acceptors (Lipinski definition) is 5. The van der Waals surface area contributed by atoms with Crippen molar-refractivity contribution in [2.24, 2.45) is 0 Å². The lowest BCUT2D eigenvalue weighted by atomic mass is 9.96. The largest absolute Gasteiger partial charge is 0.493 e. The Hall–Kier alpha value is -2.68. The van der Waals surface area contributed by atoms with Crippen molar-refractivity contribution in [2.45, 2.75) is 37.5 Å². The van der Waals surface area contributed by atoms with E-state index in [0.717, 1.165) is 36.2 Å². The molecule has 2 atom stereocenters. The number of hydrogen-bond donors (Lipinski definition) is 2. The van der Waals surface area contributed by atoms with Crippen LogP contribution in [0.15, 0.2) is 30.3 Å². The van der Waals surface area contributed by atoms with Crippen molar-refractivity contribution in [2.75, 3.05) is 32.6 Å². The molecule has 30 heavy (non-hydrogen) atoms. The second-order valence-electron chi connectivity index (χ2n) is 7.48. The van der Waals surface area contributed by atoms with Crippen LogP contribution >= 0.6 is 0 Å². The first-order chi connectivity index (χ1) is 14.4. The third-order valence-corrected chi connectivity index (χ3v) is 5.61. The van der Waals surface area contributed by atoms with E-state index in [1.165, 1.54) is 14.2 Å². The van der Waals surface area contributed by atoms with Gasteiger partial charge in [-0.2, -0.15) is 18.3 Å². The van der Waals surface area contributed by atoms with Crippen molar-refractivity contribution in [3.05, 3.63) is 41.6 Å². The Morgan fingerprint density at radius 2 is 1.90 bits per heavy atom. The van der Waals surface area contributed by atoms with Crippen LogP contribution in [0.3, 0.4) is 0 Å². The fraction of sp³-hybridized carbons (Fsp3) is 0.476. The predicted molar refractivity (Wildman–Crippen MR) is 108 cm³/mol. The van der Waals surface area contributed by atoms with E-state index in [1.807, 2.05) is 0 Å². The molecule has 0 saturated carbocycles. The van der Waals surface area contributed by atoms with E-state index in [-0.39, 0.29) is 6.42 Å². The zero-order valence-electron chi connectivity index (χ0n) is 16.9. The van der Waals surface area contributed by atoms with Crippen LogP contribution in [0.4, 0.5) is 19.0 Å². The second kappa shape index (κ2) is 8.22. The first kappa shape index (κ1) is 20.6. The molecule has 0 fully saturated rings. The maximum Gasteiger partial charge on any atom is 0.410 e. The highest BCUT2D eigenvalue weighted by Crippen LogP contribution is 2.45. The van der Waals surface area contributed by atoms with Crippen molar-refractivity contribution in [1.29, 1.82) is 0 Å². The maximum absolute atomic E-state index is 13.9. The molecular formula is C21H25F3N4O2. The average molecular weight is 422 g/mol. The fourth-order valence-corrected chi connectivity index (χ4v) is 4.05. The summed E-state index contributed by atoms with van der Waals surface area (Å²) in [7, 11) is 3.03. The third-order valence-electron chi connectivity index (χ3n) is 5.61. The van der Waals surface area contributed by atoms with Crippen LogP contribution in [0.5, 0.6) is 11.5 Å². The fourth-order valence-electron chi connectivity index (χ4n) is 4.05. The molecule has 2 aromatic rings. The van der Waals surface area contributed by atoms with Crippen molar-refractivity contribution >= 4 is 11.4 Å². The molecule has 1 aromatic heterocycles. The summed E-state index contributed by atoms with van der Waals surface area (Å²) in [4.78, 5) is 0. The van der Waals surface area contributed by atoms with E-state index >= 15 is 0 Å². The van der Waals surface area contributed by atoms with E-state index < -0.39 is 18.3 Å². The normalized spacial score (nSPS) is 21.8. The molecule has 1 aromatic carbocycles. The van der Waals surface area contributed by atoms with Crippen molar-refractivity contribution < 1.29 is 22.6 Å². The van der Waals surface area contributed by atoms with E-state index in [0.29, 0.717) is 28.6 Å². The summed E-state index contributed by atoms with van der Waals surface area (Å²) in [6, 6.07) is 4.68. The molecule has 0 spiro atoms. The zero-order chi connectivity index (χ0) is 21.3. The number of halogens is 3.